The molecule has 2 rings (SSSR count). The summed E-state index contributed by atoms with van der Waals surface area (Å²) in [6.45, 7) is 3.99. The molecule has 0 saturated heterocycles. The molecule has 0 aliphatic carbocycles. The summed E-state index contributed by atoms with van der Waals surface area (Å²) in [5.41, 5.74) is 3.73. The first kappa shape index (κ1) is 17.7. The number of carbonyl (C=O) groups excluding carboxylic acids is 1. The maximum absolute atomic E-state index is 12.4. The Morgan fingerprint density at radius 2 is 1.67 bits per heavy atom. The van der Waals surface area contributed by atoms with Crippen molar-refractivity contribution in [2.75, 3.05) is 26.6 Å². The van der Waals surface area contributed by atoms with Crippen molar-refractivity contribution in [2.24, 2.45) is 0 Å². The number of nitrogens with one attached hydrogen (secondary N) is 1. The zero-order valence-corrected chi connectivity index (χ0v) is 14.7. The van der Waals surface area contributed by atoms with E-state index in [0.717, 1.165) is 22.4 Å². The van der Waals surface area contributed by atoms with E-state index in [4.69, 9.17) is 14.2 Å². The number of anilines is 1. The summed E-state index contributed by atoms with van der Waals surface area (Å²) >= 11 is 0. The molecule has 0 aliphatic heterocycles. The highest BCUT2D eigenvalue weighted by Crippen LogP contribution is 2.39. The van der Waals surface area contributed by atoms with Gasteiger partial charge < -0.3 is 19.5 Å². The SMILES string of the molecule is COc1ccc(CC(=O)Nc2ccc(C)cc2C)c(OC)c1OC. The molecule has 0 saturated carbocycles. The molecule has 0 atom stereocenters. The molecular weight excluding hydrogens is 306 g/mol. The van der Waals surface area contributed by atoms with Gasteiger partial charge in [-0.25, -0.2) is 0 Å². The van der Waals surface area contributed by atoms with Crippen molar-refractivity contribution in [3.05, 3.63) is 47.0 Å². The number of rotatable bonds is 6. The molecule has 128 valence electrons. The minimum atomic E-state index is -0.118. The van der Waals surface area contributed by atoms with Crippen LogP contribution in [0, 0.1) is 13.8 Å². The van der Waals surface area contributed by atoms with Crippen molar-refractivity contribution < 1.29 is 19.0 Å². The lowest BCUT2D eigenvalue weighted by Crippen LogP contribution is -2.16. The van der Waals surface area contributed by atoms with Gasteiger partial charge >= 0.3 is 0 Å². The molecule has 0 heterocycles. The van der Waals surface area contributed by atoms with Crippen LogP contribution in [0.15, 0.2) is 30.3 Å². The van der Waals surface area contributed by atoms with Gasteiger partial charge in [0.2, 0.25) is 11.7 Å². The zero-order chi connectivity index (χ0) is 17.7. The monoisotopic (exact) mass is 329 g/mol. The number of ether oxygens (including phenoxy) is 3. The molecule has 5 heteroatoms. The first-order chi connectivity index (χ1) is 11.5. The van der Waals surface area contributed by atoms with Gasteiger partial charge in [-0.15, -0.1) is 0 Å². The first-order valence-corrected chi connectivity index (χ1v) is 7.65. The average molecular weight is 329 g/mol. The average Bonchev–Trinajstić information content (AvgIpc) is 2.56. The minimum absolute atomic E-state index is 0.118. The van der Waals surface area contributed by atoms with Crippen molar-refractivity contribution in [1.82, 2.24) is 0 Å². The predicted octanol–water partition coefficient (Wildman–Crippen LogP) is 3.51. The zero-order valence-electron chi connectivity index (χ0n) is 14.7. The van der Waals surface area contributed by atoms with Gasteiger partial charge in [0.15, 0.2) is 11.5 Å². The number of carbonyl (C=O) groups is 1. The Morgan fingerprint density at radius 1 is 0.958 bits per heavy atom. The van der Waals surface area contributed by atoms with Crippen LogP contribution in [0.5, 0.6) is 17.2 Å². The fourth-order valence-electron chi connectivity index (χ4n) is 2.62. The van der Waals surface area contributed by atoms with E-state index < -0.39 is 0 Å². The number of hydrogen-bond donors (Lipinski definition) is 1. The Morgan fingerprint density at radius 3 is 2.25 bits per heavy atom. The highest BCUT2D eigenvalue weighted by atomic mass is 16.5. The molecule has 0 bridgehead atoms. The number of amides is 1. The van der Waals surface area contributed by atoms with E-state index in [1.54, 1.807) is 27.4 Å². The lowest BCUT2D eigenvalue weighted by Gasteiger charge is -2.16. The van der Waals surface area contributed by atoms with Crippen LogP contribution in [0.25, 0.3) is 0 Å². The summed E-state index contributed by atoms with van der Waals surface area (Å²) in [5, 5.41) is 2.94. The molecule has 5 nitrogen and oxygen atoms in total. The van der Waals surface area contributed by atoms with Gasteiger partial charge in [-0.3, -0.25) is 4.79 Å². The Labute approximate surface area is 142 Å². The fourth-order valence-corrected chi connectivity index (χ4v) is 2.62. The maximum Gasteiger partial charge on any atom is 0.228 e. The Hall–Kier alpha value is -2.69. The van der Waals surface area contributed by atoms with Gasteiger partial charge in [0, 0.05) is 11.3 Å². The highest BCUT2D eigenvalue weighted by Gasteiger charge is 2.18. The maximum atomic E-state index is 12.4. The molecule has 0 spiro atoms. The molecule has 24 heavy (non-hydrogen) atoms. The first-order valence-electron chi connectivity index (χ1n) is 7.65. The van der Waals surface area contributed by atoms with E-state index in [-0.39, 0.29) is 12.3 Å². The van der Waals surface area contributed by atoms with Crippen LogP contribution in [-0.4, -0.2) is 27.2 Å². The Kier molecular flexibility index (Phi) is 5.68. The van der Waals surface area contributed by atoms with Crippen LogP contribution in [0.3, 0.4) is 0 Å². The second kappa shape index (κ2) is 7.73. The van der Waals surface area contributed by atoms with E-state index >= 15 is 0 Å². The number of benzene rings is 2. The van der Waals surface area contributed by atoms with Gasteiger partial charge in [-0.1, -0.05) is 23.8 Å². The van der Waals surface area contributed by atoms with E-state index in [9.17, 15) is 4.79 Å². The third-order valence-corrected chi connectivity index (χ3v) is 3.79. The van der Waals surface area contributed by atoms with Crippen molar-refractivity contribution in [3.8, 4) is 17.2 Å². The van der Waals surface area contributed by atoms with Gasteiger partial charge in [-0.2, -0.15) is 0 Å². The normalized spacial score (nSPS) is 10.2. The minimum Gasteiger partial charge on any atom is -0.493 e. The third-order valence-electron chi connectivity index (χ3n) is 3.79. The molecule has 2 aromatic carbocycles. The smallest absolute Gasteiger partial charge is 0.228 e. The van der Waals surface area contributed by atoms with E-state index in [2.05, 4.69) is 5.32 Å². The standard InChI is InChI=1S/C19H23NO4/c1-12-6-8-15(13(2)10-12)20-17(21)11-14-7-9-16(22-3)19(24-5)18(14)23-4/h6-10H,11H2,1-5H3,(H,20,21). The second-order valence-corrected chi connectivity index (χ2v) is 5.54. The molecule has 2 aromatic rings. The number of aryl methyl sites for hydroxylation is 2. The van der Waals surface area contributed by atoms with Gasteiger partial charge in [0.1, 0.15) is 0 Å². The van der Waals surface area contributed by atoms with Gasteiger partial charge in [0.25, 0.3) is 0 Å². The molecule has 0 fully saturated rings. The third kappa shape index (κ3) is 3.79. The molecule has 0 aliphatic rings. The highest BCUT2D eigenvalue weighted by molar-refractivity contribution is 5.93. The largest absolute Gasteiger partial charge is 0.493 e. The van der Waals surface area contributed by atoms with Gasteiger partial charge in [-0.05, 0) is 31.5 Å². The van der Waals surface area contributed by atoms with Crippen LogP contribution in [-0.2, 0) is 11.2 Å². The van der Waals surface area contributed by atoms with Crippen LogP contribution in [0.4, 0.5) is 5.69 Å². The molecule has 1 amide bonds. The van der Waals surface area contributed by atoms with Crippen molar-refractivity contribution in [1.29, 1.82) is 0 Å². The number of hydrogen-bond acceptors (Lipinski definition) is 4. The fraction of sp³-hybridized carbons (Fsp3) is 0.316. The predicted molar refractivity (Wildman–Crippen MR) is 94.3 cm³/mol. The summed E-state index contributed by atoms with van der Waals surface area (Å²) in [6, 6.07) is 9.49. The van der Waals surface area contributed by atoms with E-state index in [0.29, 0.717) is 17.2 Å². The molecule has 0 radical (unpaired) electrons. The van der Waals surface area contributed by atoms with Crippen molar-refractivity contribution in [2.45, 2.75) is 20.3 Å². The number of methoxy groups -OCH3 is 3. The van der Waals surface area contributed by atoms with E-state index in [1.807, 2.05) is 38.1 Å². The van der Waals surface area contributed by atoms with Crippen LogP contribution in [0.1, 0.15) is 16.7 Å². The van der Waals surface area contributed by atoms with Crippen LogP contribution >= 0.6 is 0 Å². The molecule has 0 aromatic heterocycles. The topological polar surface area (TPSA) is 56.8 Å². The Bertz CT molecular complexity index is 740. The molecular formula is C19H23NO4. The van der Waals surface area contributed by atoms with Crippen molar-refractivity contribution >= 4 is 11.6 Å². The lowest BCUT2D eigenvalue weighted by molar-refractivity contribution is -0.115. The second-order valence-electron chi connectivity index (χ2n) is 5.54. The summed E-state index contributed by atoms with van der Waals surface area (Å²) in [5.74, 6) is 1.44. The van der Waals surface area contributed by atoms with E-state index in [1.165, 1.54) is 0 Å². The summed E-state index contributed by atoms with van der Waals surface area (Å²) in [4.78, 5) is 12.4. The van der Waals surface area contributed by atoms with Gasteiger partial charge in [0.05, 0.1) is 27.8 Å². The summed E-state index contributed by atoms with van der Waals surface area (Å²) < 4.78 is 16.0. The van der Waals surface area contributed by atoms with Crippen LogP contribution in [0.2, 0.25) is 0 Å². The summed E-state index contributed by atoms with van der Waals surface area (Å²) in [6.07, 6.45) is 0.177. The summed E-state index contributed by atoms with van der Waals surface area (Å²) in [7, 11) is 4.65. The van der Waals surface area contributed by atoms with Crippen molar-refractivity contribution in [3.63, 3.8) is 0 Å². The molecule has 1 N–H and O–H groups in total. The lowest BCUT2D eigenvalue weighted by atomic mass is 10.1. The quantitative estimate of drug-likeness (QED) is 0.881. The Balaban J connectivity index is 2.22. The van der Waals surface area contributed by atoms with Crippen LogP contribution < -0.4 is 19.5 Å². The molecule has 0 unspecified atom stereocenters.